The van der Waals surface area contributed by atoms with Gasteiger partial charge < -0.3 is 24.4 Å². The van der Waals surface area contributed by atoms with E-state index in [9.17, 15) is 13.6 Å². The van der Waals surface area contributed by atoms with Gasteiger partial charge in [-0.15, -0.1) is 0 Å². The first-order valence-corrected chi connectivity index (χ1v) is 7.67. The molecule has 6 nitrogen and oxygen atoms in total. The van der Waals surface area contributed by atoms with Crippen LogP contribution >= 0.6 is 0 Å². The number of benzene rings is 1. The molecule has 0 radical (unpaired) electrons. The second-order valence-electron chi connectivity index (χ2n) is 5.45. The Kier molecular flexibility index (Phi) is 5.02. The van der Waals surface area contributed by atoms with E-state index in [1.807, 2.05) is 4.90 Å². The molecule has 0 bridgehead atoms. The van der Waals surface area contributed by atoms with Crippen molar-refractivity contribution in [3.8, 4) is 5.75 Å². The van der Waals surface area contributed by atoms with Crippen molar-refractivity contribution >= 4 is 11.6 Å². The average molecular weight is 340 g/mol. The van der Waals surface area contributed by atoms with Gasteiger partial charge in [-0.3, -0.25) is 4.79 Å². The molecule has 24 heavy (non-hydrogen) atoms. The molecule has 8 heteroatoms. The van der Waals surface area contributed by atoms with Gasteiger partial charge in [0.15, 0.2) is 0 Å². The van der Waals surface area contributed by atoms with Gasteiger partial charge in [0, 0.05) is 19.1 Å². The van der Waals surface area contributed by atoms with Crippen LogP contribution in [0.4, 0.5) is 14.5 Å². The number of amides is 1. The quantitative estimate of drug-likeness (QED) is 0.887. The fourth-order valence-electron chi connectivity index (χ4n) is 2.75. The molecule has 2 heterocycles. The highest BCUT2D eigenvalue weighted by Gasteiger charge is 2.28. The maximum absolute atomic E-state index is 12.5. The van der Waals surface area contributed by atoms with Crippen molar-refractivity contribution in [1.29, 1.82) is 0 Å². The van der Waals surface area contributed by atoms with Gasteiger partial charge in [-0.1, -0.05) is 12.1 Å². The van der Waals surface area contributed by atoms with Crippen molar-refractivity contribution in [3.05, 3.63) is 36.3 Å². The summed E-state index contributed by atoms with van der Waals surface area (Å²) in [5, 5.41) is 2.87. The number of para-hydroxylation sites is 2. The zero-order valence-corrected chi connectivity index (χ0v) is 12.9. The second-order valence-corrected chi connectivity index (χ2v) is 5.45. The molecular weight excluding hydrogens is 322 g/mol. The second kappa shape index (κ2) is 7.37. The Labute approximate surface area is 138 Å². The van der Waals surface area contributed by atoms with E-state index in [1.165, 1.54) is 12.3 Å². The molecule has 130 valence electrons. The van der Waals surface area contributed by atoms with Crippen molar-refractivity contribution in [3.63, 3.8) is 0 Å². The summed E-state index contributed by atoms with van der Waals surface area (Å²) in [5.41, 5.74) is 0.589. The van der Waals surface area contributed by atoms with Crippen LogP contribution in [0, 0.1) is 0 Å². The Balaban J connectivity index is 1.61. The number of alkyl halides is 2. The third-order valence-corrected chi connectivity index (χ3v) is 3.82. The monoisotopic (exact) mass is 340 g/mol. The molecule has 1 N–H and O–H groups in total. The molecule has 0 unspecified atom stereocenters. The third-order valence-electron chi connectivity index (χ3n) is 3.82. The molecule has 0 saturated carbocycles. The van der Waals surface area contributed by atoms with Crippen LogP contribution in [0.15, 0.2) is 36.3 Å². The molecule has 2 aliphatic rings. The summed E-state index contributed by atoms with van der Waals surface area (Å²) in [6.45, 7) is -0.975. The maximum Gasteiger partial charge on any atom is 0.387 e. The summed E-state index contributed by atoms with van der Waals surface area (Å²) in [6, 6.07) is 6.53. The zero-order chi connectivity index (χ0) is 16.9. The van der Waals surface area contributed by atoms with Crippen LogP contribution < -0.4 is 15.0 Å². The van der Waals surface area contributed by atoms with E-state index in [0.717, 1.165) is 0 Å². The molecule has 1 amide bonds. The smallest absolute Gasteiger partial charge is 0.387 e. The molecule has 1 aromatic rings. The van der Waals surface area contributed by atoms with Gasteiger partial charge in [0.05, 0.1) is 5.69 Å². The fourth-order valence-corrected chi connectivity index (χ4v) is 2.75. The van der Waals surface area contributed by atoms with E-state index in [2.05, 4.69) is 10.1 Å². The van der Waals surface area contributed by atoms with Crippen LogP contribution in [0.1, 0.15) is 6.42 Å². The van der Waals surface area contributed by atoms with Crippen molar-refractivity contribution in [2.45, 2.75) is 19.1 Å². The van der Waals surface area contributed by atoms with Gasteiger partial charge in [-0.2, -0.15) is 8.78 Å². The summed E-state index contributed by atoms with van der Waals surface area (Å²) in [4.78, 5) is 14.0. The minimum Gasteiger partial charge on any atom is -0.494 e. The molecule has 1 atom stereocenters. The zero-order valence-electron chi connectivity index (χ0n) is 12.9. The summed E-state index contributed by atoms with van der Waals surface area (Å²) < 4.78 is 39.9. The van der Waals surface area contributed by atoms with E-state index in [0.29, 0.717) is 38.4 Å². The maximum atomic E-state index is 12.5. The molecule has 1 saturated heterocycles. The Morgan fingerprint density at radius 3 is 2.92 bits per heavy atom. The number of ether oxygens (including phenoxy) is 3. The molecule has 2 aliphatic heterocycles. The number of nitrogens with zero attached hydrogens (tertiary/aromatic N) is 1. The standard InChI is InChI=1S/C16H18F2N2O4/c17-16(18)24-13-4-2-1-3-12(13)20-6-5-11(9-20)19-15(21)14-10-22-7-8-23-14/h1-4,10-11,16H,5-9H2,(H,19,21)/t11-/m0/s1. The first kappa shape index (κ1) is 16.4. The van der Waals surface area contributed by atoms with Gasteiger partial charge in [-0.05, 0) is 18.6 Å². The number of nitrogens with one attached hydrogen (secondary N) is 1. The van der Waals surface area contributed by atoms with Gasteiger partial charge in [0.1, 0.15) is 25.2 Å². The first-order chi connectivity index (χ1) is 11.6. The molecule has 0 spiro atoms. The predicted octanol–water partition coefficient (Wildman–Crippen LogP) is 1.87. The van der Waals surface area contributed by atoms with E-state index in [4.69, 9.17) is 9.47 Å². The molecule has 0 aromatic heterocycles. The molecule has 0 aliphatic carbocycles. The summed E-state index contributed by atoms with van der Waals surface area (Å²) in [7, 11) is 0. The minimum absolute atomic E-state index is 0.108. The SMILES string of the molecule is O=C(N[C@H]1CCN(c2ccccc2OC(F)F)C1)C1=COCCO1. The molecular formula is C16H18F2N2O4. The van der Waals surface area contributed by atoms with Crippen LogP contribution in [-0.4, -0.2) is 44.9 Å². The number of hydrogen-bond donors (Lipinski definition) is 1. The number of hydrogen-bond acceptors (Lipinski definition) is 5. The average Bonchev–Trinajstić information content (AvgIpc) is 3.04. The highest BCUT2D eigenvalue weighted by atomic mass is 19.3. The van der Waals surface area contributed by atoms with E-state index in [1.54, 1.807) is 18.2 Å². The Morgan fingerprint density at radius 2 is 2.17 bits per heavy atom. The van der Waals surface area contributed by atoms with Crippen LogP contribution in [0.25, 0.3) is 0 Å². The van der Waals surface area contributed by atoms with Crippen molar-refractivity contribution in [1.82, 2.24) is 5.32 Å². The topological polar surface area (TPSA) is 60.0 Å². The van der Waals surface area contributed by atoms with Crippen LogP contribution in [0.5, 0.6) is 5.75 Å². The van der Waals surface area contributed by atoms with Gasteiger partial charge in [-0.25, -0.2) is 0 Å². The number of carbonyl (C=O) groups excluding carboxylic acids is 1. The molecule has 3 rings (SSSR count). The van der Waals surface area contributed by atoms with Crippen LogP contribution in [0.3, 0.4) is 0 Å². The number of anilines is 1. The van der Waals surface area contributed by atoms with E-state index < -0.39 is 6.61 Å². The number of carbonyl (C=O) groups is 1. The largest absolute Gasteiger partial charge is 0.494 e. The lowest BCUT2D eigenvalue weighted by atomic mass is 10.2. The fraction of sp³-hybridized carbons (Fsp3) is 0.438. The number of halogens is 2. The number of rotatable bonds is 5. The lowest BCUT2D eigenvalue weighted by Crippen LogP contribution is -2.39. The predicted molar refractivity (Wildman–Crippen MR) is 81.8 cm³/mol. The van der Waals surface area contributed by atoms with Crippen molar-refractivity contribution < 1.29 is 27.8 Å². The van der Waals surface area contributed by atoms with Gasteiger partial charge >= 0.3 is 6.61 Å². The van der Waals surface area contributed by atoms with Gasteiger partial charge in [0.2, 0.25) is 5.76 Å². The van der Waals surface area contributed by atoms with Crippen molar-refractivity contribution in [2.24, 2.45) is 0 Å². The summed E-state index contributed by atoms with van der Waals surface area (Å²) in [6.07, 6.45) is 2.00. The van der Waals surface area contributed by atoms with Crippen molar-refractivity contribution in [2.75, 3.05) is 31.2 Å². The lowest BCUT2D eigenvalue weighted by molar-refractivity contribution is -0.122. The Morgan fingerprint density at radius 1 is 1.33 bits per heavy atom. The minimum atomic E-state index is -2.88. The molecule has 1 fully saturated rings. The summed E-state index contributed by atoms with van der Waals surface area (Å²) in [5.74, 6) is -0.0500. The summed E-state index contributed by atoms with van der Waals surface area (Å²) >= 11 is 0. The normalized spacial score (nSPS) is 20.2. The van der Waals surface area contributed by atoms with Crippen LogP contribution in [0.2, 0.25) is 0 Å². The first-order valence-electron chi connectivity index (χ1n) is 7.67. The Bertz CT molecular complexity index is 624. The lowest BCUT2D eigenvalue weighted by Gasteiger charge is -2.22. The van der Waals surface area contributed by atoms with E-state index >= 15 is 0 Å². The molecule has 1 aromatic carbocycles. The third kappa shape index (κ3) is 3.87. The Hall–Kier alpha value is -2.51. The van der Waals surface area contributed by atoms with Gasteiger partial charge in [0.25, 0.3) is 5.91 Å². The highest BCUT2D eigenvalue weighted by Crippen LogP contribution is 2.31. The highest BCUT2D eigenvalue weighted by molar-refractivity contribution is 5.91. The van der Waals surface area contributed by atoms with Crippen LogP contribution in [-0.2, 0) is 14.3 Å². The van der Waals surface area contributed by atoms with E-state index in [-0.39, 0.29) is 23.5 Å².